The maximum Gasteiger partial charge on any atom is 0.488 e. The fourth-order valence-electron chi connectivity index (χ4n) is 2.00. The molecule has 2 rings (SSSR count). The van der Waals surface area contributed by atoms with E-state index < -0.39 is 21.7 Å². The molecule has 9 heteroatoms. The first kappa shape index (κ1) is 19.0. The van der Waals surface area contributed by atoms with Gasteiger partial charge in [0, 0.05) is 0 Å². The highest BCUT2D eigenvalue weighted by atomic mass is 16.7. The van der Waals surface area contributed by atoms with Crippen molar-refractivity contribution in [2.24, 2.45) is 0 Å². The van der Waals surface area contributed by atoms with Gasteiger partial charge in [-0.3, -0.25) is 0 Å². The third-order valence-corrected chi connectivity index (χ3v) is 4.77. The lowest BCUT2D eigenvalue weighted by molar-refractivity contribution is 0.00578. The minimum atomic E-state index is -0.750. The van der Waals surface area contributed by atoms with Crippen molar-refractivity contribution in [3.05, 3.63) is 0 Å². The standard InChI is InChI=1S/C12H24B2O4.BH3O2/c1-9(2)10(3,4)16-13(15-9)14-17-11(5,6)12(7,8)18-14;2-1-3/h1-8H3;1-3H. The summed E-state index contributed by atoms with van der Waals surface area (Å²) in [6, 6.07) is 0. The summed E-state index contributed by atoms with van der Waals surface area (Å²) >= 11 is 0. The zero-order valence-electron chi connectivity index (χ0n) is 14.4. The van der Waals surface area contributed by atoms with Crippen LogP contribution < -0.4 is 0 Å². The summed E-state index contributed by atoms with van der Waals surface area (Å²) in [5.41, 5.74) is -1.44. The topological polar surface area (TPSA) is 77.4 Å². The van der Waals surface area contributed by atoms with Crippen LogP contribution in [0, 0.1) is 0 Å². The Bertz CT molecular complexity index is 306. The van der Waals surface area contributed by atoms with E-state index in [2.05, 4.69) is 0 Å². The number of hydrogen-bond donors (Lipinski definition) is 2. The molecule has 0 radical (unpaired) electrons. The molecule has 2 aliphatic rings. The van der Waals surface area contributed by atoms with Gasteiger partial charge in [0.2, 0.25) is 0 Å². The molecule has 0 saturated carbocycles. The van der Waals surface area contributed by atoms with Gasteiger partial charge in [0.15, 0.2) is 0 Å². The maximum atomic E-state index is 7.12. The van der Waals surface area contributed by atoms with Crippen LogP contribution in [0.25, 0.3) is 0 Å². The van der Waals surface area contributed by atoms with Crippen molar-refractivity contribution in [3.63, 3.8) is 0 Å². The minimum absolute atomic E-state index is 0.360. The highest BCUT2D eigenvalue weighted by Crippen LogP contribution is 2.42. The van der Waals surface area contributed by atoms with Gasteiger partial charge in [-0.25, -0.2) is 0 Å². The van der Waals surface area contributed by atoms with E-state index in [0.29, 0.717) is 0 Å². The first-order chi connectivity index (χ1) is 9.29. The highest BCUT2D eigenvalue weighted by molar-refractivity contribution is 7.11. The molecule has 0 aliphatic carbocycles. The second-order valence-corrected chi connectivity index (χ2v) is 7.39. The Morgan fingerprint density at radius 3 is 0.857 bits per heavy atom. The van der Waals surface area contributed by atoms with E-state index in [1.165, 1.54) is 0 Å². The Morgan fingerprint density at radius 1 is 0.571 bits per heavy atom. The smallest absolute Gasteiger partial charge is 0.430 e. The van der Waals surface area contributed by atoms with Crippen LogP contribution in [0.3, 0.4) is 0 Å². The van der Waals surface area contributed by atoms with Gasteiger partial charge in [0.05, 0.1) is 22.4 Å². The molecule has 120 valence electrons. The molecule has 0 aromatic carbocycles. The van der Waals surface area contributed by atoms with Crippen molar-refractivity contribution in [1.29, 1.82) is 0 Å². The summed E-state index contributed by atoms with van der Waals surface area (Å²) in [7, 11) is -1.70. The Hall–Kier alpha value is -0.0452. The normalized spacial score (nSPS) is 28.1. The second kappa shape index (κ2) is 5.87. The first-order valence-corrected chi connectivity index (χ1v) is 7.23. The van der Waals surface area contributed by atoms with Crippen molar-refractivity contribution in [1.82, 2.24) is 0 Å². The van der Waals surface area contributed by atoms with Crippen molar-refractivity contribution in [2.45, 2.75) is 77.8 Å². The van der Waals surface area contributed by atoms with Gasteiger partial charge in [0.25, 0.3) is 0 Å². The molecule has 2 N–H and O–H groups in total. The molecule has 2 saturated heterocycles. The average molecular weight is 300 g/mol. The van der Waals surface area contributed by atoms with Crippen LogP contribution in [0.4, 0.5) is 0 Å². The Morgan fingerprint density at radius 2 is 0.714 bits per heavy atom. The van der Waals surface area contributed by atoms with Gasteiger partial charge in [-0.1, -0.05) is 0 Å². The van der Waals surface area contributed by atoms with E-state index >= 15 is 0 Å². The molecule has 6 nitrogen and oxygen atoms in total. The minimum Gasteiger partial charge on any atom is -0.430 e. The second-order valence-electron chi connectivity index (χ2n) is 7.39. The highest BCUT2D eigenvalue weighted by Gasteiger charge is 2.63. The summed E-state index contributed by atoms with van der Waals surface area (Å²) in [6.07, 6.45) is 0. The third-order valence-electron chi connectivity index (χ3n) is 4.77. The lowest BCUT2D eigenvalue weighted by atomic mass is 9.49. The van der Waals surface area contributed by atoms with Crippen molar-refractivity contribution in [3.8, 4) is 0 Å². The summed E-state index contributed by atoms with van der Waals surface area (Å²) in [5, 5.41) is 14.2. The Balaban J connectivity index is 0.000000677. The SMILES string of the molecule is CC1(C)OB(B2OC(C)(C)C(C)(C)O2)OC1(C)C.OBO. The fourth-order valence-corrected chi connectivity index (χ4v) is 2.00. The Labute approximate surface area is 129 Å². The molecule has 0 bridgehead atoms. The van der Waals surface area contributed by atoms with E-state index in [1.807, 2.05) is 55.4 Å². The molecule has 0 atom stereocenters. The van der Waals surface area contributed by atoms with E-state index in [-0.39, 0.29) is 22.4 Å². The zero-order valence-corrected chi connectivity index (χ0v) is 14.4. The van der Waals surface area contributed by atoms with Crippen LogP contribution in [0.15, 0.2) is 0 Å². The molecule has 2 aliphatic heterocycles. The van der Waals surface area contributed by atoms with E-state index in [4.69, 9.17) is 28.7 Å². The fraction of sp³-hybridized carbons (Fsp3) is 1.00. The number of rotatable bonds is 1. The number of hydrogen-bond acceptors (Lipinski definition) is 6. The van der Waals surface area contributed by atoms with Crippen LogP contribution >= 0.6 is 0 Å². The Kier molecular flexibility index (Phi) is 5.31. The van der Waals surface area contributed by atoms with Gasteiger partial charge in [-0.05, 0) is 55.4 Å². The maximum absolute atomic E-state index is 7.12. The van der Waals surface area contributed by atoms with Crippen molar-refractivity contribution < 1.29 is 28.7 Å². The van der Waals surface area contributed by atoms with Gasteiger partial charge < -0.3 is 28.7 Å². The molecule has 0 unspecified atom stereocenters. The van der Waals surface area contributed by atoms with Crippen LogP contribution in [0.5, 0.6) is 0 Å². The molecule has 2 fully saturated rings. The summed E-state index contributed by atoms with van der Waals surface area (Å²) < 4.78 is 23.8. The lowest BCUT2D eigenvalue weighted by Crippen LogP contribution is -2.41. The molecule has 0 amide bonds. The van der Waals surface area contributed by atoms with Crippen LogP contribution in [0.2, 0.25) is 0 Å². The van der Waals surface area contributed by atoms with E-state index in [9.17, 15) is 0 Å². The van der Waals surface area contributed by atoms with Crippen LogP contribution in [-0.4, -0.2) is 54.2 Å². The third kappa shape index (κ3) is 3.65. The summed E-state index contributed by atoms with van der Waals surface area (Å²) in [5.74, 6) is 0. The molecule has 0 spiro atoms. The van der Waals surface area contributed by atoms with Gasteiger partial charge in [-0.15, -0.1) is 0 Å². The van der Waals surface area contributed by atoms with Crippen LogP contribution in [0.1, 0.15) is 55.4 Å². The van der Waals surface area contributed by atoms with E-state index in [0.717, 1.165) is 0 Å². The molecular formula is C12H27B3O6. The largest absolute Gasteiger partial charge is 0.488 e. The molecular weight excluding hydrogens is 273 g/mol. The van der Waals surface area contributed by atoms with Crippen LogP contribution in [-0.2, 0) is 18.6 Å². The summed E-state index contributed by atoms with van der Waals surface area (Å²) in [6.45, 7) is 16.2. The van der Waals surface area contributed by atoms with Gasteiger partial charge >= 0.3 is 21.7 Å². The predicted octanol–water partition coefficient (Wildman–Crippen LogP) is 0.487. The molecule has 21 heavy (non-hydrogen) atoms. The predicted molar refractivity (Wildman–Crippen MR) is 83.8 cm³/mol. The molecule has 0 aromatic rings. The quantitative estimate of drug-likeness (QED) is 0.686. The van der Waals surface area contributed by atoms with Gasteiger partial charge in [0.1, 0.15) is 0 Å². The molecule has 0 aromatic heterocycles. The lowest BCUT2D eigenvalue weighted by Gasteiger charge is -2.32. The first-order valence-electron chi connectivity index (χ1n) is 7.23. The average Bonchev–Trinajstić information content (AvgIpc) is 2.59. The zero-order chi connectivity index (χ0) is 16.7. The van der Waals surface area contributed by atoms with Crippen molar-refractivity contribution >= 4 is 21.7 Å². The van der Waals surface area contributed by atoms with Gasteiger partial charge in [-0.2, -0.15) is 0 Å². The van der Waals surface area contributed by atoms with E-state index in [1.54, 1.807) is 0 Å². The van der Waals surface area contributed by atoms with Crippen molar-refractivity contribution in [2.75, 3.05) is 0 Å². The monoisotopic (exact) mass is 300 g/mol. The molecule has 2 heterocycles. The summed E-state index contributed by atoms with van der Waals surface area (Å²) in [4.78, 5) is 0.